The van der Waals surface area contributed by atoms with Gasteiger partial charge in [0.2, 0.25) is 0 Å². The van der Waals surface area contributed by atoms with Crippen LogP contribution in [0, 0.1) is 0 Å². The van der Waals surface area contributed by atoms with E-state index in [1.807, 2.05) is 18.2 Å². The number of ether oxygens (including phenoxy) is 1. The number of aryl methyl sites for hydroxylation is 1. The maximum atomic E-state index is 13.8. The van der Waals surface area contributed by atoms with Crippen LogP contribution in [0.25, 0.3) is 22.2 Å². The number of carboxylic acids is 1. The van der Waals surface area contributed by atoms with Gasteiger partial charge in [0.05, 0.1) is 23.8 Å². The average molecular weight is 569 g/mol. The Hall–Kier alpha value is -3.86. The number of halogens is 3. The zero-order valence-electron chi connectivity index (χ0n) is 22.8. The van der Waals surface area contributed by atoms with Crippen LogP contribution in [0.2, 0.25) is 0 Å². The molecule has 8 nitrogen and oxygen atoms in total. The molecule has 0 spiro atoms. The van der Waals surface area contributed by atoms with Crippen LogP contribution in [0.5, 0.6) is 0 Å². The van der Waals surface area contributed by atoms with Crippen molar-refractivity contribution in [1.29, 1.82) is 0 Å². The van der Waals surface area contributed by atoms with Gasteiger partial charge in [-0.1, -0.05) is 30.3 Å². The van der Waals surface area contributed by atoms with Crippen molar-refractivity contribution < 1.29 is 32.3 Å². The molecule has 3 heterocycles. The predicted molar refractivity (Wildman–Crippen MR) is 146 cm³/mol. The van der Waals surface area contributed by atoms with E-state index in [4.69, 9.17) is 9.26 Å². The number of anilines is 1. The Morgan fingerprint density at radius 2 is 1.95 bits per heavy atom. The summed E-state index contributed by atoms with van der Waals surface area (Å²) in [7, 11) is 1.73. The van der Waals surface area contributed by atoms with E-state index in [1.165, 1.54) is 12.1 Å². The van der Waals surface area contributed by atoms with Gasteiger partial charge in [0.25, 0.3) is 0 Å². The SMILES string of the molecule is CC[C@H]1C[C@H](OCc2c(-c3ccccc3C(F)(F)F)noc2C2CC2)CCN1c1ccc2c(C(=O)O)nn(C)c2c1. The number of benzene rings is 2. The first-order valence-electron chi connectivity index (χ1n) is 13.9. The van der Waals surface area contributed by atoms with Crippen LogP contribution >= 0.6 is 0 Å². The number of carboxylic acid groups (broad SMARTS) is 1. The molecule has 0 amide bonds. The first-order valence-corrected chi connectivity index (χ1v) is 13.9. The molecular formula is C30H31F3N4O4. The first kappa shape index (κ1) is 27.3. The van der Waals surface area contributed by atoms with E-state index in [2.05, 4.69) is 22.1 Å². The van der Waals surface area contributed by atoms with Crippen LogP contribution in [0.4, 0.5) is 18.9 Å². The van der Waals surface area contributed by atoms with Gasteiger partial charge in [-0.15, -0.1) is 0 Å². The lowest BCUT2D eigenvalue weighted by atomic mass is 9.96. The molecule has 41 heavy (non-hydrogen) atoms. The van der Waals surface area contributed by atoms with Crippen molar-refractivity contribution in [2.45, 2.75) is 69.9 Å². The molecule has 6 rings (SSSR count). The van der Waals surface area contributed by atoms with Crippen LogP contribution in [-0.4, -0.2) is 44.7 Å². The zero-order chi connectivity index (χ0) is 28.9. The number of hydrogen-bond donors (Lipinski definition) is 1. The lowest BCUT2D eigenvalue weighted by molar-refractivity contribution is -0.137. The molecule has 1 N–H and O–H groups in total. The Labute approximate surface area is 234 Å². The summed E-state index contributed by atoms with van der Waals surface area (Å²) in [6.07, 6.45) is -0.390. The van der Waals surface area contributed by atoms with E-state index in [-0.39, 0.29) is 41.6 Å². The van der Waals surface area contributed by atoms with Gasteiger partial charge in [-0.2, -0.15) is 18.3 Å². The summed E-state index contributed by atoms with van der Waals surface area (Å²) in [4.78, 5) is 13.9. The summed E-state index contributed by atoms with van der Waals surface area (Å²) < 4.78 is 55.0. The Morgan fingerprint density at radius 1 is 1.17 bits per heavy atom. The number of carbonyl (C=O) groups is 1. The van der Waals surface area contributed by atoms with E-state index >= 15 is 0 Å². The van der Waals surface area contributed by atoms with Crippen LogP contribution in [-0.2, 0) is 24.6 Å². The second-order valence-electron chi connectivity index (χ2n) is 10.9. The standard InChI is InChI=1S/C30H31F3N4O4/c1-3-18-14-20(12-13-37(18)19-10-11-22-25(15-19)36(2)34-27(22)29(38)39)40-16-23-26(35-41-28(23)17-8-9-17)21-6-4-5-7-24(21)30(31,32)33/h4-7,10-11,15,17-18,20H,3,8-9,12-14,16H2,1-2H3,(H,38,39)/t18-,20+/m0/s1. The Morgan fingerprint density at radius 3 is 2.66 bits per heavy atom. The van der Waals surface area contributed by atoms with Crippen molar-refractivity contribution in [3.05, 3.63) is 65.0 Å². The minimum absolute atomic E-state index is 0.00659. The first-order chi connectivity index (χ1) is 19.7. The van der Waals surface area contributed by atoms with Crippen LogP contribution in [0.1, 0.15) is 72.3 Å². The fraction of sp³-hybridized carbons (Fsp3) is 0.433. The van der Waals surface area contributed by atoms with Crippen molar-refractivity contribution in [3.63, 3.8) is 0 Å². The van der Waals surface area contributed by atoms with Crippen LogP contribution in [0.3, 0.4) is 0 Å². The van der Waals surface area contributed by atoms with Gasteiger partial charge in [-0.05, 0) is 56.4 Å². The number of nitrogens with zero attached hydrogens (tertiary/aromatic N) is 4. The fourth-order valence-electron chi connectivity index (χ4n) is 5.95. The van der Waals surface area contributed by atoms with Crippen molar-refractivity contribution >= 4 is 22.6 Å². The number of alkyl halides is 3. The van der Waals surface area contributed by atoms with Crippen molar-refractivity contribution in [2.24, 2.45) is 7.05 Å². The molecule has 1 saturated heterocycles. The van der Waals surface area contributed by atoms with E-state index in [0.717, 1.165) is 55.9 Å². The highest BCUT2D eigenvalue weighted by Crippen LogP contribution is 2.46. The number of aromatic nitrogens is 3. The third-order valence-electron chi connectivity index (χ3n) is 8.23. The lowest BCUT2D eigenvalue weighted by Crippen LogP contribution is -2.44. The molecule has 4 aromatic rings. The number of fused-ring (bicyclic) bond motifs is 1. The van der Waals surface area contributed by atoms with E-state index in [9.17, 15) is 23.1 Å². The second-order valence-corrected chi connectivity index (χ2v) is 10.9. The van der Waals surface area contributed by atoms with Crippen molar-refractivity contribution in [3.8, 4) is 11.3 Å². The molecule has 0 unspecified atom stereocenters. The minimum Gasteiger partial charge on any atom is -0.476 e. The Kier molecular flexibility index (Phi) is 7.01. The van der Waals surface area contributed by atoms with Gasteiger partial charge >= 0.3 is 12.1 Å². The topological polar surface area (TPSA) is 93.6 Å². The highest BCUT2D eigenvalue weighted by Gasteiger charge is 2.38. The van der Waals surface area contributed by atoms with E-state index < -0.39 is 17.7 Å². The van der Waals surface area contributed by atoms with Gasteiger partial charge in [0, 0.05) is 47.8 Å². The lowest BCUT2D eigenvalue weighted by Gasteiger charge is -2.40. The van der Waals surface area contributed by atoms with Gasteiger partial charge in [-0.3, -0.25) is 4.68 Å². The minimum atomic E-state index is -4.51. The highest BCUT2D eigenvalue weighted by atomic mass is 19.4. The Balaban J connectivity index is 1.21. The molecule has 2 fully saturated rings. The van der Waals surface area contributed by atoms with Gasteiger partial charge < -0.3 is 19.3 Å². The molecule has 2 aromatic carbocycles. The smallest absolute Gasteiger partial charge is 0.417 e. The average Bonchev–Trinajstić information content (AvgIpc) is 3.63. The normalized spacial score (nSPS) is 19.7. The van der Waals surface area contributed by atoms with Crippen LogP contribution < -0.4 is 4.90 Å². The molecule has 1 aliphatic carbocycles. The summed E-state index contributed by atoms with van der Waals surface area (Å²) in [5.41, 5.74) is 1.85. The summed E-state index contributed by atoms with van der Waals surface area (Å²) in [5.74, 6) is -0.260. The molecule has 2 atom stereocenters. The quantitative estimate of drug-likeness (QED) is 0.250. The summed E-state index contributed by atoms with van der Waals surface area (Å²) in [6.45, 7) is 2.97. The molecule has 0 radical (unpaired) electrons. The summed E-state index contributed by atoms with van der Waals surface area (Å²) in [5, 5.41) is 18.3. The molecule has 216 valence electrons. The zero-order valence-corrected chi connectivity index (χ0v) is 22.8. The van der Waals surface area contributed by atoms with Gasteiger partial charge in [0.15, 0.2) is 5.69 Å². The van der Waals surface area contributed by atoms with Crippen molar-refractivity contribution in [2.75, 3.05) is 11.4 Å². The maximum Gasteiger partial charge on any atom is 0.417 e. The second kappa shape index (κ2) is 10.5. The fourth-order valence-corrected chi connectivity index (χ4v) is 5.95. The molecule has 0 bridgehead atoms. The third kappa shape index (κ3) is 5.18. The molecule has 2 aromatic heterocycles. The molecule has 1 saturated carbocycles. The molecule has 2 aliphatic rings. The van der Waals surface area contributed by atoms with Gasteiger partial charge in [0.1, 0.15) is 11.5 Å². The van der Waals surface area contributed by atoms with Crippen molar-refractivity contribution in [1.82, 2.24) is 14.9 Å². The largest absolute Gasteiger partial charge is 0.476 e. The number of aromatic carboxylic acids is 1. The monoisotopic (exact) mass is 568 g/mol. The maximum absolute atomic E-state index is 13.8. The molecule has 1 aliphatic heterocycles. The number of rotatable bonds is 8. The van der Waals surface area contributed by atoms with E-state index in [1.54, 1.807) is 17.8 Å². The Bertz CT molecular complexity index is 1590. The summed E-state index contributed by atoms with van der Waals surface area (Å²) >= 11 is 0. The number of piperidine rings is 1. The van der Waals surface area contributed by atoms with Crippen LogP contribution in [0.15, 0.2) is 47.0 Å². The number of hydrogen-bond acceptors (Lipinski definition) is 6. The highest BCUT2D eigenvalue weighted by molar-refractivity contribution is 6.02. The van der Waals surface area contributed by atoms with Gasteiger partial charge in [-0.25, -0.2) is 4.79 Å². The van der Waals surface area contributed by atoms with E-state index in [0.29, 0.717) is 16.7 Å². The molecular weight excluding hydrogens is 537 g/mol. The molecule has 11 heteroatoms. The third-order valence-corrected chi connectivity index (χ3v) is 8.23. The summed E-state index contributed by atoms with van der Waals surface area (Å²) in [6, 6.07) is 11.3. The predicted octanol–water partition coefficient (Wildman–Crippen LogP) is 6.79.